The Bertz CT molecular complexity index is 570. The van der Waals surface area contributed by atoms with Crippen LogP contribution >= 0.6 is 0 Å². The number of amidine groups is 1. The van der Waals surface area contributed by atoms with Gasteiger partial charge in [-0.1, -0.05) is 20.8 Å². The Morgan fingerprint density at radius 3 is 2.43 bits per heavy atom. The number of aromatic nitrogens is 2. The van der Waals surface area contributed by atoms with E-state index in [2.05, 4.69) is 19.9 Å². The molecule has 23 heavy (non-hydrogen) atoms. The Kier molecular flexibility index (Phi) is 6.50. The first-order valence-electron chi connectivity index (χ1n) is 7.60. The molecule has 0 aliphatic heterocycles. The summed E-state index contributed by atoms with van der Waals surface area (Å²) >= 11 is 0. The number of rotatable bonds is 6. The SMILES string of the molecule is CN(C)CCN(C)c1nccc(N=C(N)C=C(N)C(C)(C)C)n1. The van der Waals surface area contributed by atoms with Crippen LogP contribution in [0.4, 0.5) is 11.8 Å². The number of allylic oxidation sites excluding steroid dienone is 1. The lowest BCUT2D eigenvalue weighted by atomic mass is 9.92. The lowest BCUT2D eigenvalue weighted by molar-refractivity contribution is 0.415. The third-order valence-electron chi connectivity index (χ3n) is 3.27. The predicted molar refractivity (Wildman–Crippen MR) is 96.9 cm³/mol. The minimum atomic E-state index is -0.149. The van der Waals surface area contributed by atoms with Gasteiger partial charge in [-0.2, -0.15) is 4.98 Å². The van der Waals surface area contributed by atoms with Gasteiger partial charge in [0.1, 0.15) is 5.84 Å². The molecule has 1 heterocycles. The first-order chi connectivity index (χ1) is 10.6. The smallest absolute Gasteiger partial charge is 0.227 e. The molecule has 1 aromatic rings. The Balaban J connectivity index is 2.90. The molecule has 0 saturated heterocycles. The van der Waals surface area contributed by atoms with E-state index in [1.807, 2.05) is 46.8 Å². The maximum absolute atomic E-state index is 6.01. The highest BCUT2D eigenvalue weighted by molar-refractivity contribution is 5.93. The Labute approximate surface area is 139 Å². The maximum Gasteiger partial charge on any atom is 0.227 e. The molecule has 7 nitrogen and oxygen atoms in total. The Morgan fingerprint density at radius 1 is 1.22 bits per heavy atom. The van der Waals surface area contributed by atoms with E-state index in [-0.39, 0.29) is 5.41 Å². The van der Waals surface area contributed by atoms with Gasteiger partial charge in [0, 0.05) is 43.5 Å². The van der Waals surface area contributed by atoms with Gasteiger partial charge < -0.3 is 21.3 Å². The molecule has 0 atom stereocenters. The molecule has 0 spiro atoms. The quantitative estimate of drug-likeness (QED) is 0.607. The van der Waals surface area contributed by atoms with Gasteiger partial charge in [0.15, 0.2) is 5.82 Å². The van der Waals surface area contributed by atoms with E-state index >= 15 is 0 Å². The van der Waals surface area contributed by atoms with Crippen molar-refractivity contribution in [3.8, 4) is 0 Å². The minimum Gasteiger partial charge on any atom is -0.401 e. The van der Waals surface area contributed by atoms with Crippen LogP contribution in [0.5, 0.6) is 0 Å². The van der Waals surface area contributed by atoms with E-state index in [1.54, 1.807) is 18.3 Å². The van der Waals surface area contributed by atoms with Gasteiger partial charge in [-0.3, -0.25) is 0 Å². The first kappa shape index (κ1) is 18.9. The molecule has 0 bridgehead atoms. The van der Waals surface area contributed by atoms with Gasteiger partial charge in [-0.25, -0.2) is 9.98 Å². The normalized spacial score (nSPS) is 13.5. The van der Waals surface area contributed by atoms with Gasteiger partial charge in [0.25, 0.3) is 0 Å². The van der Waals surface area contributed by atoms with Crippen molar-refractivity contribution in [2.24, 2.45) is 21.9 Å². The van der Waals surface area contributed by atoms with Crippen LogP contribution in [-0.4, -0.2) is 54.9 Å². The second-order valence-electron chi connectivity index (χ2n) is 6.83. The van der Waals surface area contributed by atoms with Crippen molar-refractivity contribution in [1.29, 1.82) is 0 Å². The summed E-state index contributed by atoms with van der Waals surface area (Å²) in [5.74, 6) is 1.47. The van der Waals surface area contributed by atoms with Gasteiger partial charge in [-0.15, -0.1) is 0 Å². The third-order valence-corrected chi connectivity index (χ3v) is 3.27. The van der Waals surface area contributed by atoms with Crippen molar-refractivity contribution in [3.05, 3.63) is 24.0 Å². The summed E-state index contributed by atoms with van der Waals surface area (Å²) in [6.07, 6.45) is 3.36. The average molecular weight is 319 g/mol. The average Bonchev–Trinajstić information content (AvgIpc) is 2.43. The summed E-state index contributed by atoms with van der Waals surface area (Å²) in [4.78, 5) is 17.1. The van der Waals surface area contributed by atoms with Crippen molar-refractivity contribution in [2.45, 2.75) is 20.8 Å². The standard InChI is InChI=1S/C16H29N7/c1-16(2,3)12(17)11-13(18)20-14-7-8-19-15(21-14)23(6)10-9-22(4)5/h7-8,11H,9-10,17H2,1-6H3,(H2,18,19,20,21). The molecule has 7 heteroatoms. The first-order valence-corrected chi connectivity index (χ1v) is 7.60. The van der Waals surface area contributed by atoms with Crippen molar-refractivity contribution < 1.29 is 0 Å². The zero-order valence-corrected chi connectivity index (χ0v) is 15.0. The fourth-order valence-corrected chi connectivity index (χ4v) is 1.58. The van der Waals surface area contributed by atoms with Gasteiger partial charge in [0.05, 0.1) is 0 Å². The molecular weight excluding hydrogens is 290 g/mol. The highest BCUT2D eigenvalue weighted by Gasteiger charge is 2.13. The number of anilines is 1. The summed E-state index contributed by atoms with van der Waals surface area (Å²) in [5, 5.41) is 0. The number of nitrogens with zero attached hydrogens (tertiary/aromatic N) is 5. The topological polar surface area (TPSA) is 96.7 Å². The van der Waals surface area contributed by atoms with Crippen LogP contribution < -0.4 is 16.4 Å². The third kappa shape index (κ3) is 6.65. The zero-order chi connectivity index (χ0) is 17.6. The summed E-state index contributed by atoms with van der Waals surface area (Å²) in [5.41, 5.74) is 12.5. The van der Waals surface area contributed by atoms with Gasteiger partial charge in [-0.05, 0) is 20.2 Å². The van der Waals surface area contributed by atoms with Crippen LogP contribution in [0.25, 0.3) is 0 Å². The van der Waals surface area contributed by atoms with Crippen LogP contribution in [0.15, 0.2) is 29.0 Å². The Morgan fingerprint density at radius 2 is 1.87 bits per heavy atom. The number of nitrogens with two attached hydrogens (primary N) is 2. The van der Waals surface area contributed by atoms with Crippen molar-refractivity contribution in [1.82, 2.24) is 14.9 Å². The number of likely N-dealkylation sites (N-methyl/N-ethyl adjacent to an activating group) is 2. The second-order valence-corrected chi connectivity index (χ2v) is 6.83. The van der Waals surface area contributed by atoms with E-state index in [9.17, 15) is 0 Å². The maximum atomic E-state index is 6.01. The van der Waals surface area contributed by atoms with Crippen LogP contribution in [0.3, 0.4) is 0 Å². The number of hydrogen-bond donors (Lipinski definition) is 2. The molecule has 0 radical (unpaired) electrons. The molecular formula is C16H29N7. The summed E-state index contributed by atoms with van der Waals surface area (Å²) < 4.78 is 0. The molecule has 1 aromatic heterocycles. The molecule has 0 unspecified atom stereocenters. The molecule has 0 aromatic carbocycles. The van der Waals surface area contributed by atoms with Crippen molar-refractivity contribution in [3.63, 3.8) is 0 Å². The van der Waals surface area contributed by atoms with Crippen LogP contribution in [0.2, 0.25) is 0 Å². The lowest BCUT2D eigenvalue weighted by Gasteiger charge is -2.19. The molecule has 0 saturated carbocycles. The molecule has 128 valence electrons. The van der Waals surface area contributed by atoms with Crippen LogP contribution in [0.1, 0.15) is 20.8 Å². The van der Waals surface area contributed by atoms with Crippen LogP contribution in [-0.2, 0) is 0 Å². The Hall–Kier alpha value is -2.15. The summed E-state index contributed by atoms with van der Waals surface area (Å²) in [6.45, 7) is 7.81. The molecule has 0 aliphatic rings. The fraction of sp³-hybridized carbons (Fsp3) is 0.562. The monoisotopic (exact) mass is 319 g/mol. The van der Waals surface area contributed by atoms with E-state index < -0.39 is 0 Å². The fourth-order valence-electron chi connectivity index (χ4n) is 1.58. The molecule has 0 fully saturated rings. The summed E-state index contributed by atoms with van der Waals surface area (Å²) in [6, 6.07) is 1.72. The van der Waals surface area contributed by atoms with Crippen molar-refractivity contribution in [2.75, 3.05) is 39.1 Å². The number of hydrogen-bond acceptors (Lipinski definition) is 6. The van der Waals surface area contributed by atoms with E-state index in [0.717, 1.165) is 13.1 Å². The highest BCUT2D eigenvalue weighted by Crippen LogP contribution is 2.20. The molecule has 4 N–H and O–H groups in total. The molecule has 0 amide bonds. The predicted octanol–water partition coefficient (Wildman–Crippen LogP) is 1.35. The van der Waals surface area contributed by atoms with E-state index in [1.165, 1.54) is 0 Å². The molecule has 1 rings (SSSR count). The van der Waals surface area contributed by atoms with Gasteiger partial charge >= 0.3 is 0 Å². The van der Waals surface area contributed by atoms with E-state index in [4.69, 9.17) is 11.5 Å². The summed E-state index contributed by atoms with van der Waals surface area (Å²) in [7, 11) is 6.01. The highest BCUT2D eigenvalue weighted by atomic mass is 15.3. The van der Waals surface area contributed by atoms with E-state index in [0.29, 0.717) is 23.3 Å². The van der Waals surface area contributed by atoms with Crippen LogP contribution in [0, 0.1) is 5.41 Å². The second kappa shape index (κ2) is 7.92. The largest absolute Gasteiger partial charge is 0.401 e. The zero-order valence-electron chi connectivity index (χ0n) is 15.0. The number of aliphatic imine (C=N–C) groups is 1. The van der Waals surface area contributed by atoms with Crippen molar-refractivity contribution >= 4 is 17.6 Å². The van der Waals surface area contributed by atoms with Gasteiger partial charge in [0.2, 0.25) is 5.95 Å². The lowest BCUT2D eigenvalue weighted by Crippen LogP contribution is -2.29. The minimum absolute atomic E-state index is 0.149. The molecule has 0 aliphatic carbocycles.